The van der Waals surface area contributed by atoms with E-state index < -0.39 is 41.6 Å². The molecule has 0 aliphatic carbocycles. The number of nitrogens with one attached hydrogen (secondary N) is 2. The van der Waals surface area contributed by atoms with Crippen molar-refractivity contribution in [2.75, 3.05) is 19.7 Å². The number of carbonyl (C=O) groups excluding carboxylic acids is 4. The van der Waals surface area contributed by atoms with E-state index in [1.165, 1.54) is 12.1 Å². The van der Waals surface area contributed by atoms with Crippen molar-refractivity contribution in [1.29, 1.82) is 0 Å². The fourth-order valence-electron chi connectivity index (χ4n) is 5.17. The molecule has 0 bridgehead atoms. The van der Waals surface area contributed by atoms with Crippen LogP contribution in [0.15, 0.2) is 42.5 Å². The molecule has 2 unspecified atom stereocenters. The number of carbonyl (C=O) groups is 4. The standard InChI is InChI=1S/C36H53N3O7/c1-8-10-11-12-13-22-39(32(29-19-14-25(3)23-26(29)4)33(42)37-21-20-31(41)45-9-2)34(43)30(38-35(44)46-36(5,6)7)24-27-15-17-28(40)18-16-27/h14-19,23,30,32,40H,8-13,20-22,24H2,1-7H3,(H,37,42)(H,38,44). The summed E-state index contributed by atoms with van der Waals surface area (Å²) in [5, 5.41) is 15.4. The van der Waals surface area contributed by atoms with Gasteiger partial charge in [-0.3, -0.25) is 14.4 Å². The third-order valence-electron chi connectivity index (χ3n) is 7.36. The van der Waals surface area contributed by atoms with Crippen LogP contribution in [-0.4, -0.2) is 65.2 Å². The van der Waals surface area contributed by atoms with E-state index in [0.29, 0.717) is 17.5 Å². The van der Waals surface area contributed by atoms with Crippen LogP contribution in [0.25, 0.3) is 0 Å². The van der Waals surface area contributed by atoms with Gasteiger partial charge >= 0.3 is 12.1 Å². The first-order valence-electron chi connectivity index (χ1n) is 16.3. The van der Waals surface area contributed by atoms with E-state index in [1.807, 2.05) is 32.0 Å². The van der Waals surface area contributed by atoms with Crippen molar-refractivity contribution in [1.82, 2.24) is 15.5 Å². The Balaban J connectivity index is 2.57. The average molecular weight is 640 g/mol. The van der Waals surface area contributed by atoms with Gasteiger partial charge in [0.2, 0.25) is 11.8 Å². The predicted molar refractivity (Wildman–Crippen MR) is 178 cm³/mol. The molecule has 2 atom stereocenters. The summed E-state index contributed by atoms with van der Waals surface area (Å²) in [5.74, 6) is -1.22. The van der Waals surface area contributed by atoms with Gasteiger partial charge in [-0.1, -0.05) is 68.5 Å². The molecule has 0 aliphatic rings. The smallest absolute Gasteiger partial charge is 0.408 e. The number of esters is 1. The Kier molecular flexibility index (Phi) is 15.6. The lowest BCUT2D eigenvalue weighted by Gasteiger charge is -2.35. The van der Waals surface area contributed by atoms with Crippen LogP contribution in [0.3, 0.4) is 0 Å². The molecule has 0 spiro atoms. The average Bonchev–Trinajstić information content (AvgIpc) is 2.96. The number of phenolic OH excluding ortho intramolecular Hbond substituents is 1. The predicted octanol–water partition coefficient (Wildman–Crippen LogP) is 6.05. The second-order valence-corrected chi connectivity index (χ2v) is 12.6. The molecular weight excluding hydrogens is 586 g/mol. The molecule has 0 aromatic heterocycles. The fourth-order valence-corrected chi connectivity index (χ4v) is 5.17. The number of benzene rings is 2. The molecule has 3 amide bonds. The van der Waals surface area contributed by atoms with Gasteiger partial charge < -0.3 is 30.1 Å². The number of hydrogen-bond donors (Lipinski definition) is 3. The Hall–Kier alpha value is -4.08. The first-order valence-corrected chi connectivity index (χ1v) is 16.3. The molecule has 0 aliphatic heterocycles. The number of hydrogen-bond acceptors (Lipinski definition) is 7. The minimum Gasteiger partial charge on any atom is -0.508 e. The van der Waals surface area contributed by atoms with Crippen LogP contribution >= 0.6 is 0 Å². The van der Waals surface area contributed by atoms with E-state index in [2.05, 4.69) is 17.6 Å². The lowest BCUT2D eigenvalue weighted by molar-refractivity contribution is -0.144. The molecule has 254 valence electrons. The van der Waals surface area contributed by atoms with Crippen molar-refractivity contribution in [2.45, 2.75) is 111 Å². The number of ether oxygens (including phenoxy) is 2. The Labute approximate surface area is 274 Å². The zero-order valence-electron chi connectivity index (χ0n) is 28.6. The summed E-state index contributed by atoms with van der Waals surface area (Å²) in [4.78, 5) is 55.3. The summed E-state index contributed by atoms with van der Waals surface area (Å²) in [6, 6.07) is 10.0. The zero-order chi connectivity index (χ0) is 34.3. The molecule has 0 saturated heterocycles. The number of unbranched alkanes of at least 4 members (excludes halogenated alkanes) is 4. The van der Waals surface area contributed by atoms with Crippen LogP contribution in [0, 0.1) is 13.8 Å². The number of aromatic hydroxyl groups is 1. The summed E-state index contributed by atoms with van der Waals surface area (Å²) in [5.41, 5.74) is 2.41. The third kappa shape index (κ3) is 13.1. The topological polar surface area (TPSA) is 134 Å². The number of amides is 3. The van der Waals surface area contributed by atoms with Crippen LogP contribution < -0.4 is 10.6 Å². The van der Waals surface area contributed by atoms with Gasteiger partial charge in [-0.05, 0) is 76.8 Å². The van der Waals surface area contributed by atoms with Gasteiger partial charge in [0.1, 0.15) is 23.4 Å². The number of nitrogens with zero attached hydrogens (tertiary/aromatic N) is 1. The molecule has 2 aromatic carbocycles. The second-order valence-electron chi connectivity index (χ2n) is 12.6. The number of aryl methyl sites for hydroxylation is 2. The molecule has 10 heteroatoms. The zero-order valence-corrected chi connectivity index (χ0v) is 28.6. The van der Waals surface area contributed by atoms with Crippen LogP contribution in [0.4, 0.5) is 4.79 Å². The normalized spacial score (nSPS) is 12.5. The molecule has 0 radical (unpaired) electrons. The molecule has 0 heterocycles. The Morgan fingerprint density at radius 1 is 0.935 bits per heavy atom. The fraction of sp³-hybridized carbons (Fsp3) is 0.556. The van der Waals surface area contributed by atoms with Gasteiger partial charge in [0.15, 0.2) is 0 Å². The first kappa shape index (κ1) is 38.1. The lowest BCUT2D eigenvalue weighted by atomic mass is 9.95. The SMILES string of the molecule is CCCCCCCN(C(=O)C(Cc1ccc(O)cc1)NC(=O)OC(C)(C)C)C(C(=O)NCCC(=O)OCC)c1ccc(C)cc1C. The highest BCUT2D eigenvalue weighted by Crippen LogP contribution is 2.28. The molecule has 2 aromatic rings. The summed E-state index contributed by atoms with van der Waals surface area (Å²) >= 11 is 0. The maximum atomic E-state index is 14.7. The highest BCUT2D eigenvalue weighted by molar-refractivity contribution is 5.92. The molecule has 3 N–H and O–H groups in total. The molecule has 10 nitrogen and oxygen atoms in total. The van der Waals surface area contributed by atoms with Crippen LogP contribution in [0.2, 0.25) is 0 Å². The van der Waals surface area contributed by atoms with Gasteiger partial charge in [-0.2, -0.15) is 0 Å². The lowest BCUT2D eigenvalue weighted by Crippen LogP contribution is -2.54. The molecule has 2 rings (SSSR count). The summed E-state index contributed by atoms with van der Waals surface area (Å²) in [6.07, 6.45) is 3.98. The van der Waals surface area contributed by atoms with E-state index in [0.717, 1.165) is 36.8 Å². The Morgan fingerprint density at radius 3 is 2.22 bits per heavy atom. The van der Waals surface area contributed by atoms with E-state index >= 15 is 0 Å². The van der Waals surface area contributed by atoms with Crippen molar-refractivity contribution < 1.29 is 33.8 Å². The van der Waals surface area contributed by atoms with E-state index in [-0.39, 0.29) is 38.3 Å². The molecular formula is C36H53N3O7. The van der Waals surface area contributed by atoms with Gasteiger partial charge in [0.05, 0.1) is 13.0 Å². The van der Waals surface area contributed by atoms with Gasteiger partial charge in [-0.25, -0.2) is 4.79 Å². The molecule has 0 fully saturated rings. The van der Waals surface area contributed by atoms with Gasteiger partial charge in [0, 0.05) is 19.5 Å². The van der Waals surface area contributed by atoms with Crippen molar-refractivity contribution in [3.8, 4) is 5.75 Å². The quantitative estimate of drug-likeness (QED) is 0.142. The minimum absolute atomic E-state index is 0.00613. The van der Waals surface area contributed by atoms with Crippen LogP contribution in [0.5, 0.6) is 5.75 Å². The summed E-state index contributed by atoms with van der Waals surface area (Å²) < 4.78 is 10.5. The van der Waals surface area contributed by atoms with Gasteiger partial charge in [0.25, 0.3) is 0 Å². The van der Waals surface area contributed by atoms with E-state index in [1.54, 1.807) is 44.7 Å². The largest absolute Gasteiger partial charge is 0.508 e. The van der Waals surface area contributed by atoms with Crippen LogP contribution in [0.1, 0.15) is 101 Å². The highest BCUT2D eigenvalue weighted by atomic mass is 16.6. The number of phenols is 1. The maximum absolute atomic E-state index is 14.7. The summed E-state index contributed by atoms with van der Waals surface area (Å²) in [6.45, 7) is 13.5. The minimum atomic E-state index is -1.07. The van der Waals surface area contributed by atoms with Crippen molar-refractivity contribution in [2.24, 2.45) is 0 Å². The van der Waals surface area contributed by atoms with Crippen LogP contribution in [-0.2, 0) is 30.3 Å². The van der Waals surface area contributed by atoms with Gasteiger partial charge in [-0.15, -0.1) is 0 Å². The number of rotatable bonds is 17. The van der Waals surface area contributed by atoms with Crippen molar-refractivity contribution >= 4 is 23.9 Å². The summed E-state index contributed by atoms with van der Waals surface area (Å²) in [7, 11) is 0. The number of alkyl carbamates (subject to hydrolysis) is 1. The molecule has 46 heavy (non-hydrogen) atoms. The van der Waals surface area contributed by atoms with E-state index in [9.17, 15) is 24.3 Å². The van der Waals surface area contributed by atoms with Crippen molar-refractivity contribution in [3.05, 3.63) is 64.7 Å². The Bertz CT molecular complexity index is 1290. The maximum Gasteiger partial charge on any atom is 0.408 e. The van der Waals surface area contributed by atoms with E-state index in [4.69, 9.17) is 9.47 Å². The van der Waals surface area contributed by atoms with Crippen molar-refractivity contribution in [3.63, 3.8) is 0 Å². The molecule has 0 saturated carbocycles. The highest BCUT2D eigenvalue weighted by Gasteiger charge is 2.37. The third-order valence-corrected chi connectivity index (χ3v) is 7.36. The monoisotopic (exact) mass is 639 g/mol. The first-order chi connectivity index (χ1) is 21.7. The Morgan fingerprint density at radius 2 is 1.61 bits per heavy atom. The second kappa shape index (κ2) is 18.8.